The van der Waals surface area contributed by atoms with Gasteiger partial charge in [0.2, 0.25) is 0 Å². The number of rotatable bonds is 3. The first-order valence-electron chi connectivity index (χ1n) is 4.06. The SMILES string of the molecule is [C-]#[N+]/C(C#N)=C(\C=C\N(C)C)N(C)C. The summed E-state index contributed by atoms with van der Waals surface area (Å²) in [6.07, 6.45) is 3.55. The van der Waals surface area contributed by atoms with Crippen molar-refractivity contribution < 1.29 is 0 Å². The van der Waals surface area contributed by atoms with Crippen LogP contribution in [0.25, 0.3) is 4.85 Å². The molecular formula is C10H14N4. The molecule has 0 rings (SSSR count). The summed E-state index contributed by atoms with van der Waals surface area (Å²) in [5.41, 5.74) is 0.726. The van der Waals surface area contributed by atoms with Crippen molar-refractivity contribution in [3.63, 3.8) is 0 Å². The van der Waals surface area contributed by atoms with Crippen LogP contribution in [0, 0.1) is 17.9 Å². The van der Waals surface area contributed by atoms with E-state index in [0.717, 1.165) is 0 Å². The van der Waals surface area contributed by atoms with E-state index in [-0.39, 0.29) is 5.70 Å². The van der Waals surface area contributed by atoms with Crippen molar-refractivity contribution in [3.8, 4) is 6.07 Å². The van der Waals surface area contributed by atoms with Crippen molar-refractivity contribution >= 4 is 0 Å². The minimum Gasteiger partial charge on any atom is -0.386 e. The first-order chi connectivity index (χ1) is 6.52. The minimum atomic E-state index is 0.105. The largest absolute Gasteiger partial charge is 0.386 e. The molecule has 4 heteroatoms. The Kier molecular flexibility index (Phi) is 4.88. The van der Waals surface area contributed by atoms with Crippen LogP contribution in [0.3, 0.4) is 0 Å². The standard InChI is InChI=1S/C10H14N4/c1-12-9(8-11)10(14(4)5)6-7-13(2)3/h6-7H,2-5H3/b7-6+,10-9+. The Hall–Kier alpha value is -1.94. The number of hydrogen-bond acceptors (Lipinski definition) is 3. The summed E-state index contributed by atoms with van der Waals surface area (Å²) >= 11 is 0. The topological polar surface area (TPSA) is 34.6 Å². The summed E-state index contributed by atoms with van der Waals surface area (Å²) in [5, 5.41) is 8.71. The van der Waals surface area contributed by atoms with Gasteiger partial charge in [-0.25, -0.2) is 10.1 Å². The van der Waals surface area contributed by atoms with Crippen LogP contribution in [0.5, 0.6) is 0 Å². The number of nitrogens with zero attached hydrogens (tertiary/aromatic N) is 4. The van der Waals surface area contributed by atoms with Gasteiger partial charge in [-0.05, 0) is 12.3 Å². The molecule has 4 nitrogen and oxygen atoms in total. The third-order valence-electron chi connectivity index (χ3n) is 1.47. The predicted molar refractivity (Wildman–Crippen MR) is 55.8 cm³/mol. The highest BCUT2D eigenvalue weighted by atomic mass is 15.1. The highest BCUT2D eigenvalue weighted by Gasteiger charge is 2.04. The molecule has 0 radical (unpaired) electrons. The normalized spacial score (nSPS) is 11.6. The smallest absolute Gasteiger partial charge is 0.284 e. The average Bonchev–Trinajstić information content (AvgIpc) is 2.11. The molecule has 0 heterocycles. The molecule has 0 aromatic rings. The summed E-state index contributed by atoms with van der Waals surface area (Å²) in [6, 6.07) is 1.87. The van der Waals surface area contributed by atoms with E-state index < -0.39 is 0 Å². The van der Waals surface area contributed by atoms with Crippen molar-refractivity contribution in [3.05, 3.63) is 35.1 Å². The fraction of sp³-hybridized carbons (Fsp3) is 0.400. The second-order valence-electron chi connectivity index (χ2n) is 3.13. The lowest BCUT2D eigenvalue weighted by atomic mass is 10.3. The molecule has 0 aliphatic carbocycles. The van der Waals surface area contributed by atoms with Gasteiger partial charge >= 0.3 is 0 Å². The third-order valence-corrected chi connectivity index (χ3v) is 1.47. The van der Waals surface area contributed by atoms with Crippen molar-refractivity contribution in [2.24, 2.45) is 0 Å². The molecule has 74 valence electrons. The monoisotopic (exact) mass is 190 g/mol. The first-order valence-corrected chi connectivity index (χ1v) is 4.06. The van der Waals surface area contributed by atoms with Crippen LogP contribution in [-0.2, 0) is 0 Å². The number of nitriles is 1. The Morgan fingerprint density at radius 3 is 2.21 bits per heavy atom. The van der Waals surface area contributed by atoms with Crippen LogP contribution < -0.4 is 0 Å². The molecule has 0 atom stereocenters. The molecule has 0 aliphatic rings. The Morgan fingerprint density at radius 2 is 1.93 bits per heavy atom. The quantitative estimate of drug-likeness (QED) is 0.382. The van der Waals surface area contributed by atoms with Gasteiger partial charge in [-0.3, -0.25) is 0 Å². The molecule has 0 unspecified atom stereocenters. The Balaban J connectivity index is 5.09. The van der Waals surface area contributed by atoms with Gasteiger partial charge in [-0.1, -0.05) is 0 Å². The van der Waals surface area contributed by atoms with Crippen LogP contribution in [-0.4, -0.2) is 38.0 Å². The molecule has 0 aromatic heterocycles. The minimum absolute atomic E-state index is 0.105. The first kappa shape index (κ1) is 12.1. The summed E-state index contributed by atoms with van der Waals surface area (Å²) in [4.78, 5) is 6.76. The van der Waals surface area contributed by atoms with Crippen LogP contribution in [0.4, 0.5) is 0 Å². The molecule has 0 amide bonds. The van der Waals surface area contributed by atoms with E-state index in [9.17, 15) is 0 Å². The summed E-state index contributed by atoms with van der Waals surface area (Å²) in [7, 11) is 7.37. The van der Waals surface area contributed by atoms with Gasteiger partial charge in [0.05, 0.1) is 18.3 Å². The molecule has 0 saturated heterocycles. The maximum atomic E-state index is 8.71. The van der Waals surface area contributed by atoms with Crippen molar-refractivity contribution in [1.82, 2.24) is 9.80 Å². The maximum Gasteiger partial charge on any atom is 0.284 e. The summed E-state index contributed by atoms with van der Waals surface area (Å²) in [6.45, 7) is 6.84. The zero-order valence-corrected chi connectivity index (χ0v) is 8.94. The van der Waals surface area contributed by atoms with E-state index in [1.54, 1.807) is 31.3 Å². The van der Waals surface area contributed by atoms with Crippen LogP contribution in [0.15, 0.2) is 23.7 Å². The molecule has 0 fully saturated rings. The predicted octanol–water partition coefficient (Wildman–Crippen LogP) is 1.28. The highest BCUT2D eigenvalue weighted by molar-refractivity contribution is 5.37. The molecule has 0 spiro atoms. The fourth-order valence-electron chi connectivity index (χ4n) is 0.799. The van der Waals surface area contributed by atoms with E-state index in [1.165, 1.54) is 0 Å². The number of likely N-dealkylation sites (N-methyl/N-ethyl adjacent to an activating group) is 1. The molecular weight excluding hydrogens is 176 g/mol. The lowest BCUT2D eigenvalue weighted by Crippen LogP contribution is -2.12. The summed E-state index contributed by atoms with van der Waals surface area (Å²) in [5.74, 6) is 0. The molecule has 0 saturated carbocycles. The van der Waals surface area contributed by atoms with Gasteiger partial charge < -0.3 is 9.80 Å². The third kappa shape index (κ3) is 3.64. The molecule has 0 bridgehead atoms. The Bertz CT molecular complexity index is 307. The number of hydrogen-bond donors (Lipinski definition) is 0. The Morgan fingerprint density at radius 1 is 1.36 bits per heavy atom. The Labute approximate surface area is 85.2 Å². The van der Waals surface area contributed by atoms with Gasteiger partial charge in [-0.15, -0.1) is 0 Å². The van der Waals surface area contributed by atoms with Gasteiger partial charge in [-0.2, -0.15) is 0 Å². The highest BCUT2D eigenvalue weighted by Crippen LogP contribution is 2.09. The van der Waals surface area contributed by atoms with Gasteiger partial charge in [0.15, 0.2) is 0 Å². The van der Waals surface area contributed by atoms with Crippen molar-refractivity contribution in [2.75, 3.05) is 28.2 Å². The van der Waals surface area contributed by atoms with E-state index in [1.807, 2.05) is 25.1 Å². The molecule has 14 heavy (non-hydrogen) atoms. The molecule has 0 N–H and O–H groups in total. The van der Waals surface area contributed by atoms with Gasteiger partial charge in [0.25, 0.3) is 5.70 Å². The second-order valence-corrected chi connectivity index (χ2v) is 3.13. The molecule has 0 aromatic carbocycles. The van der Waals surface area contributed by atoms with Crippen LogP contribution in [0.2, 0.25) is 0 Å². The fourth-order valence-corrected chi connectivity index (χ4v) is 0.799. The lowest BCUT2D eigenvalue weighted by molar-refractivity contribution is 0.517. The van der Waals surface area contributed by atoms with Gasteiger partial charge in [0.1, 0.15) is 0 Å². The van der Waals surface area contributed by atoms with Crippen molar-refractivity contribution in [2.45, 2.75) is 0 Å². The zero-order chi connectivity index (χ0) is 11.1. The van der Waals surface area contributed by atoms with E-state index in [2.05, 4.69) is 4.85 Å². The van der Waals surface area contributed by atoms with Crippen LogP contribution in [0.1, 0.15) is 0 Å². The lowest BCUT2D eigenvalue weighted by Gasteiger charge is -2.14. The van der Waals surface area contributed by atoms with Crippen molar-refractivity contribution in [1.29, 1.82) is 5.26 Å². The van der Waals surface area contributed by atoms with Gasteiger partial charge in [0, 0.05) is 28.2 Å². The van der Waals surface area contributed by atoms with E-state index in [0.29, 0.717) is 5.70 Å². The maximum absolute atomic E-state index is 8.71. The van der Waals surface area contributed by atoms with Crippen LogP contribution >= 0.6 is 0 Å². The molecule has 0 aliphatic heterocycles. The van der Waals surface area contributed by atoms with E-state index >= 15 is 0 Å². The zero-order valence-electron chi connectivity index (χ0n) is 8.94. The average molecular weight is 190 g/mol. The van der Waals surface area contributed by atoms with E-state index in [4.69, 9.17) is 11.8 Å². The summed E-state index contributed by atoms with van der Waals surface area (Å²) < 4.78 is 0. The number of allylic oxidation sites excluding steroid dienone is 2. The second kappa shape index (κ2) is 5.66.